The number of carboxylic acid groups (broad SMARTS) is 1. The van der Waals surface area contributed by atoms with E-state index in [2.05, 4.69) is 35.1 Å². The van der Waals surface area contributed by atoms with Gasteiger partial charge in [0.05, 0.1) is 0 Å². The molecule has 0 aromatic rings. The third kappa shape index (κ3) is 25.9. The summed E-state index contributed by atoms with van der Waals surface area (Å²) in [6, 6.07) is 0. The molecule has 0 aliphatic rings. The minimum Gasteiger partial charge on any atom is -0.725 e. The summed E-state index contributed by atoms with van der Waals surface area (Å²) in [6.07, 6.45) is 22.8. The molecule has 0 spiro atoms. The predicted octanol–water partition coefficient (Wildman–Crippen LogP) is 3.13. The Balaban J connectivity index is 0. The van der Waals surface area contributed by atoms with Gasteiger partial charge in [0.15, 0.2) is 0 Å². The number of aliphatic carboxylic acids is 1. The van der Waals surface area contributed by atoms with E-state index < -0.39 is 22.5 Å². The van der Waals surface area contributed by atoms with Crippen LogP contribution in [0.1, 0.15) is 116 Å². The van der Waals surface area contributed by atoms with Gasteiger partial charge in [-0.3, -0.25) is 4.18 Å². The summed E-state index contributed by atoms with van der Waals surface area (Å²) in [5.41, 5.74) is 0. The molecule has 0 saturated carbocycles. The topological polar surface area (TPSA) is 104 Å². The maximum absolute atomic E-state index is 10.8. The van der Waals surface area contributed by atoms with Crippen molar-refractivity contribution in [2.45, 2.75) is 122 Å². The smallest absolute Gasteiger partial charge is 0.725 e. The fourth-order valence-corrected chi connectivity index (χ4v) is 3.59. The zero-order valence-electron chi connectivity index (χ0n) is 20.1. The van der Waals surface area contributed by atoms with Gasteiger partial charge in [0, 0.05) is 6.42 Å². The molecule has 1 unspecified atom stereocenters. The minimum atomic E-state index is -5.08. The van der Waals surface area contributed by atoms with Gasteiger partial charge >= 0.3 is 35.5 Å². The molecule has 0 aromatic carbocycles. The van der Waals surface area contributed by atoms with Crippen molar-refractivity contribution in [3.63, 3.8) is 0 Å². The van der Waals surface area contributed by atoms with Crippen LogP contribution in [0.4, 0.5) is 0 Å². The maximum atomic E-state index is 10.8. The molecule has 8 heteroatoms. The molecule has 0 aliphatic carbocycles. The zero-order valence-corrected chi connectivity index (χ0v) is 23.0. The molecule has 0 fully saturated rings. The number of carbonyl (C=O) groups is 1. The van der Waals surface area contributed by atoms with E-state index in [-0.39, 0.29) is 29.6 Å². The summed E-state index contributed by atoms with van der Waals surface area (Å²) in [5, 5.41) is 8.76. The Labute approximate surface area is 218 Å². The van der Waals surface area contributed by atoms with Crippen molar-refractivity contribution >= 4 is 16.4 Å². The summed E-state index contributed by atoms with van der Waals surface area (Å²) in [5.74, 6) is 3.18. The Morgan fingerprint density at radius 1 is 0.875 bits per heavy atom. The van der Waals surface area contributed by atoms with Gasteiger partial charge < -0.3 is 9.66 Å². The molecule has 0 amide bonds. The first-order valence-corrected chi connectivity index (χ1v) is 13.2. The monoisotopic (exact) mass is 480 g/mol. The number of allylic oxidation sites excluding steroid dienone is 2. The van der Waals surface area contributed by atoms with Gasteiger partial charge in [-0.2, -0.15) is 0 Å². The van der Waals surface area contributed by atoms with E-state index in [1.165, 1.54) is 83.5 Å². The summed E-state index contributed by atoms with van der Waals surface area (Å²) in [7, 11) is -5.08. The number of rotatable bonds is 20. The van der Waals surface area contributed by atoms with E-state index in [0.717, 1.165) is 19.3 Å². The van der Waals surface area contributed by atoms with Crippen LogP contribution in [0.3, 0.4) is 0 Å². The summed E-state index contributed by atoms with van der Waals surface area (Å²) in [4.78, 5) is 10.8. The predicted molar refractivity (Wildman–Crippen MR) is 123 cm³/mol. The molecular weight excluding hydrogens is 439 g/mol. The van der Waals surface area contributed by atoms with Crippen LogP contribution in [0.25, 0.3) is 0 Å². The Morgan fingerprint density at radius 3 is 1.75 bits per heavy atom. The first-order chi connectivity index (χ1) is 14.9. The Morgan fingerprint density at radius 2 is 1.31 bits per heavy atom. The van der Waals surface area contributed by atoms with Crippen LogP contribution >= 0.6 is 0 Å². The molecule has 1 atom stereocenters. The van der Waals surface area contributed by atoms with Crippen molar-refractivity contribution in [1.29, 1.82) is 0 Å². The van der Waals surface area contributed by atoms with E-state index in [1.807, 2.05) is 0 Å². The number of unbranched alkanes of at least 4 members (excludes halogenated alkanes) is 15. The first-order valence-electron chi connectivity index (χ1n) is 11.9. The Kier molecular flexibility index (Phi) is 25.1. The van der Waals surface area contributed by atoms with Crippen molar-refractivity contribution in [3.05, 3.63) is 12.2 Å². The molecule has 1 N–H and O–H groups in total. The number of hydrogen-bond acceptors (Lipinski definition) is 5. The number of carboxylic acids is 1. The average molecular weight is 481 g/mol. The van der Waals surface area contributed by atoms with Crippen LogP contribution in [0.15, 0.2) is 12.2 Å². The van der Waals surface area contributed by atoms with Crippen molar-refractivity contribution < 1.29 is 56.6 Å². The van der Waals surface area contributed by atoms with E-state index in [1.54, 1.807) is 0 Å². The quantitative estimate of drug-likeness (QED) is 0.0717. The van der Waals surface area contributed by atoms with Crippen LogP contribution in [0.2, 0.25) is 0 Å². The van der Waals surface area contributed by atoms with Crippen LogP contribution < -0.4 is 29.6 Å². The molecule has 0 aromatic heterocycles. The molecule has 180 valence electrons. The second-order valence-electron chi connectivity index (χ2n) is 7.94. The summed E-state index contributed by atoms with van der Waals surface area (Å²) >= 11 is 0. The SMILES string of the molecule is CCCCCC/C=C\CCCCCCCCCCCCC#CC(OS(=O)(=O)[O-])C(=O)O.[Na+]. The van der Waals surface area contributed by atoms with Crippen LogP contribution in [0.5, 0.6) is 0 Å². The summed E-state index contributed by atoms with van der Waals surface area (Å²) in [6.45, 7) is 2.24. The van der Waals surface area contributed by atoms with Gasteiger partial charge in [0.2, 0.25) is 16.5 Å². The van der Waals surface area contributed by atoms with Crippen molar-refractivity contribution in [3.8, 4) is 11.8 Å². The van der Waals surface area contributed by atoms with Crippen LogP contribution in [-0.2, 0) is 19.4 Å². The maximum Gasteiger partial charge on any atom is 1.00 e. The first kappa shape index (κ1) is 33.8. The molecular formula is C24H41NaO6S. The molecule has 0 bridgehead atoms. The number of hydrogen-bond donors (Lipinski definition) is 1. The molecule has 0 saturated heterocycles. The third-order valence-corrected chi connectivity index (χ3v) is 5.41. The standard InChI is InChI=1S/C24H42O6S.Na/c1-2-3-4-5-6-7-8-9-10-11-12-13-14-15-16-17-18-19-20-21-22-23(24(25)26)30-31(27,28)29;/h7-8,23H,2-6,9-20H2,1H3,(H,25,26)(H,27,28,29);/q;+1/p-1/b8-7-;. The Bertz CT molecular complexity index is 637. The van der Waals surface area contributed by atoms with Gasteiger partial charge in [0.1, 0.15) is 0 Å². The van der Waals surface area contributed by atoms with Crippen LogP contribution in [0, 0.1) is 11.8 Å². The van der Waals surface area contributed by atoms with E-state index >= 15 is 0 Å². The average Bonchev–Trinajstić information content (AvgIpc) is 2.70. The van der Waals surface area contributed by atoms with Crippen molar-refractivity contribution in [1.82, 2.24) is 0 Å². The fraction of sp³-hybridized carbons (Fsp3) is 0.792. The molecule has 0 heterocycles. The van der Waals surface area contributed by atoms with Gasteiger partial charge in [-0.05, 0) is 32.1 Å². The molecule has 6 nitrogen and oxygen atoms in total. The molecule has 0 rings (SSSR count). The molecule has 0 radical (unpaired) electrons. The second-order valence-corrected chi connectivity index (χ2v) is 8.95. The normalized spacial score (nSPS) is 12.2. The fourth-order valence-electron chi connectivity index (χ4n) is 3.22. The van der Waals surface area contributed by atoms with Gasteiger partial charge in [-0.1, -0.05) is 102 Å². The second kappa shape index (κ2) is 23.8. The van der Waals surface area contributed by atoms with Crippen molar-refractivity contribution in [2.24, 2.45) is 0 Å². The molecule has 0 aliphatic heterocycles. The van der Waals surface area contributed by atoms with Crippen molar-refractivity contribution in [2.75, 3.05) is 0 Å². The Hall–Kier alpha value is -0.360. The van der Waals surface area contributed by atoms with Gasteiger partial charge in [-0.15, -0.1) is 0 Å². The summed E-state index contributed by atoms with van der Waals surface area (Å²) < 4.78 is 35.2. The molecule has 32 heavy (non-hydrogen) atoms. The minimum absolute atomic E-state index is 0. The van der Waals surface area contributed by atoms with Gasteiger partial charge in [-0.25, -0.2) is 13.2 Å². The van der Waals surface area contributed by atoms with Gasteiger partial charge in [0.25, 0.3) is 0 Å². The third-order valence-electron chi connectivity index (χ3n) is 4.99. The zero-order chi connectivity index (χ0) is 23.2. The van der Waals surface area contributed by atoms with E-state index in [9.17, 15) is 17.8 Å². The largest absolute Gasteiger partial charge is 1.00 e. The van der Waals surface area contributed by atoms with Crippen LogP contribution in [-0.4, -0.2) is 30.2 Å². The van der Waals surface area contributed by atoms with E-state index in [0.29, 0.717) is 6.42 Å². The van der Waals surface area contributed by atoms with E-state index in [4.69, 9.17) is 5.11 Å².